The number of hydrogen-bond acceptors (Lipinski definition) is 3. The summed E-state index contributed by atoms with van der Waals surface area (Å²) < 4.78 is 28.7. The minimum atomic E-state index is -2.86. The van der Waals surface area contributed by atoms with Gasteiger partial charge in [0, 0.05) is 0 Å². The monoisotopic (exact) mass is 167 g/mol. The van der Waals surface area contributed by atoms with E-state index in [4.69, 9.17) is 5.26 Å². The van der Waals surface area contributed by atoms with Gasteiger partial charge < -0.3 is 4.74 Å². The van der Waals surface area contributed by atoms with E-state index in [1.54, 1.807) is 6.07 Å². The zero-order chi connectivity index (χ0) is 8.04. The first kappa shape index (κ1) is 9.66. The van der Waals surface area contributed by atoms with E-state index >= 15 is 0 Å². The van der Waals surface area contributed by atoms with Gasteiger partial charge in [-0.1, -0.05) is 11.8 Å². The van der Waals surface area contributed by atoms with Gasteiger partial charge in [-0.2, -0.15) is 14.0 Å². The molecular formula is C5H7F2NOS. The summed E-state index contributed by atoms with van der Waals surface area (Å²) in [5.41, 5.74) is 0. The van der Waals surface area contributed by atoms with Crippen LogP contribution in [0.4, 0.5) is 8.78 Å². The second-order valence-electron chi connectivity index (χ2n) is 1.49. The van der Waals surface area contributed by atoms with Crippen molar-refractivity contribution in [2.75, 3.05) is 19.5 Å². The molecule has 0 aliphatic heterocycles. The fourth-order valence-corrected chi connectivity index (χ4v) is 0.476. The van der Waals surface area contributed by atoms with E-state index in [-0.39, 0.29) is 6.61 Å². The topological polar surface area (TPSA) is 33.0 Å². The van der Waals surface area contributed by atoms with Gasteiger partial charge in [0.05, 0.1) is 6.07 Å². The number of hydrogen-bond donors (Lipinski definition) is 0. The molecule has 0 saturated heterocycles. The smallest absolute Gasteiger partial charge is 0.316 e. The van der Waals surface area contributed by atoms with Crippen molar-refractivity contribution in [1.82, 2.24) is 0 Å². The second-order valence-corrected chi connectivity index (χ2v) is 2.50. The zero-order valence-corrected chi connectivity index (χ0v) is 6.25. The molecule has 58 valence electrons. The first-order chi connectivity index (χ1) is 4.62. The van der Waals surface area contributed by atoms with Gasteiger partial charge >= 0.3 is 5.25 Å². The van der Waals surface area contributed by atoms with Gasteiger partial charge in [0.25, 0.3) is 0 Å². The van der Waals surface area contributed by atoms with Crippen LogP contribution < -0.4 is 0 Å². The lowest BCUT2D eigenvalue weighted by molar-refractivity contribution is 0.00314. The number of ether oxygens (including phenoxy) is 1. The minimum Gasteiger partial charge on any atom is -0.359 e. The van der Waals surface area contributed by atoms with E-state index in [2.05, 4.69) is 4.74 Å². The molecule has 0 aromatic heterocycles. The van der Waals surface area contributed by atoms with E-state index in [0.29, 0.717) is 11.8 Å². The maximum Gasteiger partial charge on any atom is 0.316 e. The summed E-state index contributed by atoms with van der Waals surface area (Å²) >= 11 is 0.410. The number of nitriles is 1. The van der Waals surface area contributed by atoms with Crippen LogP contribution in [0, 0.1) is 11.3 Å². The molecule has 0 aliphatic carbocycles. The van der Waals surface area contributed by atoms with Crippen LogP contribution in [0.5, 0.6) is 0 Å². The lowest BCUT2D eigenvalue weighted by Gasteiger charge is -2.10. The Balaban J connectivity index is 3.39. The number of thioether (sulfide) groups is 1. The average molecular weight is 167 g/mol. The lowest BCUT2D eigenvalue weighted by atomic mass is 10.7. The fourth-order valence-electron chi connectivity index (χ4n) is 0.274. The predicted octanol–water partition coefficient (Wildman–Crippen LogP) is 1.48. The summed E-state index contributed by atoms with van der Waals surface area (Å²) in [6.07, 6.45) is 1.29. The van der Waals surface area contributed by atoms with Crippen molar-refractivity contribution in [1.29, 1.82) is 5.26 Å². The second kappa shape index (κ2) is 4.47. The van der Waals surface area contributed by atoms with Crippen molar-refractivity contribution in [3.8, 4) is 6.07 Å². The van der Waals surface area contributed by atoms with E-state index in [1.807, 2.05) is 0 Å². The summed E-state index contributed by atoms with van der Waals surface area (Å²) in [4.78, 5) is 0. The van der Waals surface area contributed by atoms with Gasteiger partial charge in [0.15, 0.2) is 0 Å². The van der Waals surface area contributed by atoms with Crippen molar-refractivity contribution in [2.45, 2.75) is 5.25 Å². The molecule has 2 nitrogen and oxygen atoms in total. The Kier molecular flexibility index (Phi) is 4.32. The summed E-state index contributed by atoms with van der Waals surface area (Å²) in [6, 6.07) is 1.60. The third kappa shape index (κ3) is 4.53. The minimum absolute atomic E-state index is 0.282. The molecule has 0 unspecified atom stereocenters. The first-order valence-corrected chi connectivity index (χ1v) is 3.72. The fraction of sp³-hybridized carbons (Fsp3) is 0.800. The van der Waals surface area contributed by atoms with Crippen LogP contribution >= 0.6 is 11.8 Å². The molecule has 0 N–H and O–H groups in total. The number of nitrogens with zero attached hydrogens (tertiary/aromatic N) is 1. The largest absolute Gasteiger partial charge is 0.359 e. The van der Waals surface area contributed by atoms with Crippen LogP contribution in [0.15, 0.2) is 0 Å². The molecule has 0 aliphatic rings. The van der Waals surface area contributed by atoms with Crippen molar-refractivity contribution in [3.05, 3.63) is 0 Å². The van der Waals surface area contributed by atoms with E-state index in [0.717, 1.165) is 0 Å². The maximum absolute atomic E-state index is 12.2. The molecule has 0 bridgehead atoms. The molecule has 0 aromatic carbocycles. The maximum atomic E-state index is 12.2. The van der Waals surface area contributed by atoms with Crippen LogP contribution in [-0.2, 0) is 4.74 Å². The average Bonchev–Trinajstić information content (AvgIpc) is 1.89. The highest BCUT2D eigenvalue weighted by Crippen LogP contribution is 2.25. The standard InChI is InChI=1S/C5H7F2NOS/c1-10-5(6,7)4-9-3-2-8/h3-4H2,1H3. The normalized spacial score (nSPS) is 11.0. The Bertz CT molecular complexity index is 134. The molecule has 0 atom stereocenters. The highest BCUT2D eigenvalue weighted by molar-refractivity contribution is 7.99. The van der Waals surface area contributed by atoms with Gasteiger partial charge in [-0.05, 0) is 6.26 Å². The van der Waals surface area contributed by atoms with E-state index in [9.17, 15) is 8.78 Å². The molecule has 0 aromatic rings. The third-order valence-corrected chi connectivity index (χ3v) is 1.45. The van der Waals surface area contributed by atoms with Gasteiger partial charge in [0.1, 0.15) is 13.2 Å². The number of halogens is 2. The summed E-state index contributed by atoms with van der Waals surface area (Å²) in [5, 5.41) is 5.04. The molecule has 0 rings (SSSR count). The molecule has 10 heavy (non-hydrogen) atoms. The molecule has 5 heteroatoms. The third-order valence-electron chi connectivity index (χ3n) is 0.735. The zero-order valence-electron chi connectivity index (χ0n) is 5.43. The Labute approximate surface area is 62.2 Å². The van der Waals surface area contributed by atoms with Gasteiger partial charge in [-0.15, -0.1) is 0 Å². The molecule has 0 radical (unpaired) electrons. The Morgan fingerprint density at radius 2 is 2.30 bits per heavy atom. The first-order valence-electron chi connectivity index (χ1n) is 2.50. The van der Waals surface area contributed by atoms with Crippen LogP contribution in [-0.4, -0.2) is 24.7 Å². The SMILES string of the molecule is CSC(F)(F)COCC#N. The summed E-state index contributed by atoms with van der Waals surface area (Å²) in [7, 11) is 0. The number of rotatable bonds is 4. The highest BCUT2D eigenvalue weighted by Gasteiger charge is 2.27. The Morgan fingerprint density at radius 1 is 1.70 bits per heavy atom. The van der Waals surface area contributed by atoms with Gasteiger partial charge in [-0.3, -0.25) is 0 Å². The van der Waals surface area contributed by atoms with Gasteiger partial charge in [-0.25, -0.2) is 0 Å². The Morgan fingerprint density at radius 3 is 2.70 bits per heavy atom. The van der Waals surface area contributed by atoms with Crippen molar-refractivity contribution in [2.24, 2.45) is 0 Å². The predicted molar refractivity (Wildman–Crippen MR) is 34.9 cm³/mol. The van der Waals surface area contributed by atoms with E-state index in [1.165, 1.54) is 6.26 Å². The van der Waals surface area contributed by atoms with Crippen LogP contribution in [0.3, 0.4) is 0 Å². The Hall–Kier alpha value is -0.340. The van der Waals surface area contributed by atoms with Gasteiger partial charge in [0.2, 0.25) is 0 Å². The lowest BCUT2D eigenvalue weighted by Crippen LogP contribution is -2.18. The molecular weight excluding hydrogens is 160 g/mol. The number of alkyl halides is 2. The molecule has 0 spiro atoms. The van der Waals surface area contributed by atoms with Crippen LogP contribution in [0.1, 0.15) is 0 Å². The quantitative estimate of drug-likeness (QED) is 0.594. The molecule has 0 amide bonds. The molecule has 0 saturated carbocycles. The summed E-state index contributed by atoms with van der Waals surface area (Å²) in [6.45, 7) is -0.974. The molecule has 0 fully saturated rings. The highest BCUT2D eigenvalue weighted by atomic mass is 32.2. The van der Waals surface area contributed by atoms with Crippen molar-refractivity contribution in [3.63, 3.8) is 0 Å². The van der Waals surface area contributed by atoms with Crippen molar-refractivity contribution < 1.29 is 13.5 Å². The van der Waals surface area contributed by atoms with E-state index < -0.39 is 11.9 Å². The molecule has 0 heterocycles. The van der Waals surface area contributed by atoms with Crippen LogP contribution in [0.25, 0.3) is 0 Å². The van der Waals surface area contributed by atoms with Crippen LogP contribution in [0.2, 0.25) is 0 Å². The van der Waals surface area contributed by atoms with Crippen molar-refractivity contribution >= 4 is 11.8 Å². The summed E-state index contributed by atoms with van der Waals surface area (Å²) in [5.74, 6) is 0.